The maximum atomic E-state index is 9.36. The maximum absolute atomic E-state index is 9.36. The first-order valence-corrected chi connectivity index (χ1v) is 9.19. The SMILES string of the molecule is CCSc1cccc(NCCN2CCSCC2)c1C#N. The number of hydrogen-bond donors (Lipinski definition) is 1. The van der Waals surface area contributed by atoms with Crippen LogP contribution in [0.1, 0.15) is 12.5 Å². The smallest absolute Gasteiger partial charge is 0.102 e. The van der Waals surface area contributed by atoms with Gasteiger partial charge in [-0.1, -0.05) is 13.0 Å². The third-order valence-corrected chi connectivity index (χ3v) is 5.17. The predicted molar refractivity (Wildman–Crippen MR) is 89.8 cm³/mol. The van der Waals surface area contributed by atoms with Crippen molar-refractivity contribution in [3.05, 3.63) is 23.8 Å². The number of anilines is 1. The molecular weight excluding hydrogens is 286 g/mol. The highest BCUT2D eigenvalue weighted by Gasteiger charge is 2.11. The van der Waals surface area contributed by atoms with Crippen molar-refractivity contribution in [2.24, 2.45) is 0 Å². The molecule has 0 bridgehead atoms. The van der Waals surface area contributed by atoms with Crippen molar-refractivity contribution in [3.63, 3.8) is 0 Å². The summed E-state index contributed by atoms with van der Waals surface area (Å²) in [5.41, 5.74) is 1.76. The quantitative estimate of drug-likeness (QED) is 0.818. The van der Waals surface area contributed by atoms with Crippen LogP contribution >= 0.6 is 23.5 Å². The summed E-state index contributed by atoms with van der Waals surface area (Å²) in [4.78, 5) is 3.56. The molecule has 1 fully saturated rings. The molecule has 1 aromatic rings. The number of rotatable bonds is 6. The second-order valence-electron chi connectivity index (χ2n) is 4.60. The van der Waals surface area contributed by atoms with E-state index in [4.69, 9.17) is 0 Å². The highest BCUT2D eigenvalue weighted by atomic mass is 32.2. The molecule has 0 radical (unpaired) electrons. The van der Waals surface area contributed by atoms with E-state index in [2.05, 4.69) is 23.2 Å². The average Bonchev–Trinajstić information content (AvgIpc) is 2.49. The zero-order chi connectivity index (χ0) is 14.2. The Morgan fingerprint density at radius 3 is 2.90 bits per heavy atom. The summed E-state index contributed by atoms with van der Waals surface area (Å²) in [6, 6.07) is 8.40. The van der Waals surface area contributed by atoms with Crippen LogP contribution in [-0.2, 0) is 0 Å². The molecule has 5 heteroatoms. The molecule has 0 aromatic heterocycles. The number of benzene rings is 1. The monoisotopic (exact) mass is 307 g/mol. The number of thioether (sulfide) groups is 2. The van der Waals surface area contributed by atoms with Gasteiger partial charge in [-0.3, -0.25) is 4.90 Å². The molecule has 2 rings (SSSR count). The predicted octanol–water partition coefficient (Wildman–Crippen LogP) is 3.13. The Bertz CT molecular complexity index is 465. The molecule has 3 nitrogen and oxygen atoms in total. The maximum Gasteiger partial charge on any atom is 0.102 e. The van der Waals surface area contributed by atoms with Gasteiger partial charge in [-0.2, -0.15) is 17.0 Å². The van der Waals surface area contributed by atoms with Gasteiger partial charge in [0.2, 0.25) is 0 Å². The van der Waals surface area contributed by atoms with Gasteiger partial charge in [0.05, 0.1) is 11.3 Å². The lowest BCUT2D eigenvalue weighted by Crippen LogP contribution is -2.36. The van der Waals surface area contributed by atoms with Crippen LogP contribution < -0.4 is 5.32 Å². The van der Waals surface area contributed by atoms with Crippen molar-refractivity contribution >= 4 is 29.2 Å². The van der Waals surface area contributed by atoms with Crippen LogP contribution in [0.15, 0.2) is 23.1 Å². The minimum absolute atomic E-state index is 0.786. The molecule has 1 aliphatic rings. The van der Waals surface area contributed by atoms with Crippen LogP contribution in [-0.4, -0.2) is 48.3 Å². The lowest BCUT2D eigenvalue weighted by atomic mass is 10.2. The van der Waals surface area contributed by atoms with Gasteiger partial charge in [-0.25, -0.2) is 0 Å². The minimum Gasteiger partial charge on any atom is -0.383 e. The van der Waals surface area contributed by atoms with Crippen molar-refractivity contribution in [1.82, 2.24) is 4.90 Å². The summed E-state index contributed by atoms with van der Waals surface area (Å²) in [7, 11) is 0. The van der Waals surface area contributed by atoms with Gasteiger partial charge in [0.25, 0.3) is 0 Å². The molecule has 0 spiro atoms. The zero-order valence-corrected chi connectivity index (χ0v) is 13.5. The van der Waals surface area contributed by atoms with Gasteiger partial charge in [0.1, 0.15) is 6.07 Å². The molecular formula is C15H21N3S2. The topological polar surface area (TPSA) is 39.1 Å². The first-order valence-electron chi connectivity index (χ1n) is 7.05. The molecule has 20 heavy (non-hydrogen) atoms. The van der Waals surface area contributed by atoms with Crippen LogP contribution in [0, 0.1) is 11.3 Å². The van der Waals surface area contributed by atoms with Crippen molar-refractivity contribution in [2.75, 3.05) is 48.8 Å². The van der Waals surface area contributed by atoms with E-state index in [-0.39, 0.29) is 0 Å². The van der Waals surface area contributed by atoms with E-state index in [1.54, 1.807) is 11.8 Å². The van der Waals surface area contributed by atoms with Crippen molar-refractivity contribution in [2.45, 2.75) is 11.8 Å². The van der Waals surface area contributed by atoms with E-state index in [1.165, 1.54) is 24.6 Å². The third kappa shape index (κ3) is 4.34. The Hall–Kier alpha value is -0.830. The van der Waals surface area contributed by atoms with E-state index in [1.807, 2.05) is 30.0 Å². The molecule has 108 valence electrons. The summed E-state index contributed by atoms with van der Waals surface area (Å²) in [6.07, 6.45) is 0. The molecule has 0 atom stereocenters. The lowest BCUT2D eigenvalue weighted by Gasteiger charge is -2.26. The molecule has 1 aromatic carbocycles. The fourth-order valence-corrected chi connectivity index (χ4v) is 4.01. The molecule has 0 amide bonds. The third-order valence-electron chi connectivity index (χ3n) is 3.29. The van der Waals surface area contributed by atoms with Crippen LogP contribution in [0.3, 0.4) is 0 Å². The summed E-state index contributed by atoms with van der Waals surface area (Å²) >= 11 is 3.76. The standard InChI is InChI=1S/C15H21N3S2/c1-2-20-15-5-3-4-14(13(15)12-16)17-6-7-18-8-10-19-11-9-18/h3-5,17H,2,6-11H2,1H3. The Morgan fingerprint density at radius 1 is 1.40 bits per heavy atom. The second-order valence-corrected chi connectivity index (χ2v) is 7.13. The van der Waals surface area contributed by atoms with Gasteiger partial charge >= 0.3 is 0 Å². The molecule has 0 unspecified atom stereocenters. The first-order chi connectivity index (χ1) is 9.85. The fraction of sp³-hybridized carbons (Fsp3) is 0.533. The van der Waals surface area contributed by atoms with Crippen molar-refractivity contribution < 1.29 is 0 Å². The number of nitrogens with zero attached hydrogens (tertiary/aromatic N) is 2. The Kier molecular flexibility index (Phi) is 6.58. The average molecular weight is 307 g/mol. The van der Waals surface area contributed by atoms with Crippen molar-refractivity contribution in [1.29, 1.82) is 5.26 Å². The van der Waals surface area contributed by atoms with Crippen LogP contribution in [0.5, 0.6) is 0 Å². The molecule has 1 heterocycles. The molecule has 1 N–H and O–H groups in total. The number of hydrogen-bond acceptors (Lipinski definition) is 5. The van der Waals surface area contributed by atoms with Crippen LogP contribution in [0.4, 0.5) is 5.69 Å². The summed E-state index contributed by atoms with van der Waals surface area (Å²) < 4.78 is 0. The highest BCUT2D eigenvalue weighted by Crippen LogP contribution is 2.27. The van der Waals surface area contributed by atoms with E-state index >= 15 is 0 Å². The number of nitriles is 1. The largest absolute Gasteiger partial charge is 0.383 e. The highest BCUT2D eigenvalue weighted by molar-refractivity contribution is 7.99. The van der Waals surface area contributed by atoms with Gasteiger partial charge < -0.3 is 5.32 Å². The zero-order valence-electron chi connectivity index (χ0n) is 11.9. The van der Waals surface area contributed by atoms with E-state index < -0.39 is 0 Å². The summed E-state index contributed by atoms with van der Waals surface area (Å²) in [6.45, 7) is 6.43. The van der Waals surface area contributed by atoms with Crippen LogP contribution in [0.2, 0.25) is 0 Å². The van der Waals surface area contributed by atoms with E-state index in [0.29, 0.717) is 0 Å². The summed E-state index contributed by atoms with van der Waals surface area (Å²) in [5, 5.41) is 12.8. The molecule has 0 aliphatic carbocycles. The number of nitrogens with one attached hydrogen (secondary N) is 1. The van der Waals surface area contributed by atoms with E-state index in [0.717, 1.165) is 35.0 Å². The minimum atomic E-state index is 0.786. The van der Waals surface area contributed by atoms with E-state index in [9.17, 15) is 5.26 Å². The normalized spacial score (nSPS) is 15.8. The lowest BCUT2D eigenvalue weighted by molar-refractivity contribution is 0.314. The fourth-order valence-electron chi connectivity index (χ4n) is 2.24. The van der Waals surface area contributed by atoms with Gasteiger partial charge in [0.15, 0.2) is 0 Å². The Balaban J connectivity index is 1.91. The molecule has 0 saturated carbocycles. The van der Waals surface area contributed by atoms with Gasteiger partial charge in [-0.15, -0.1) is 11.8 Å². The molecule has 1 aliphatic heterocycles. The van der Waals surface area contributed by atoms with Crippen LogP contribution in [0.25, 0.3) is 0 Å². The summed E-state index contributed by atoms with van der Waals surface area (Å²) in [5.74, 6) is 3.47. The Labute approximate surface area is 130 Å². The van der Waals surface area contributed by atoms with Gasteiger partial charge in [-0.05, 0) is 17.9 Å². The second kappa shape index (κ2) is 8.46. The first kappa shape index (κ1) is 15.6. The van der Waals surface area contributed by atoms with Gasteiger partial charge in [0, 0.05) is 42.6 Å². The molecule has 1 saturated heterocycles. The Morgan fingerprint density at radius 2 is 2.20 bits per heavy atom. The van der Waals surface area contributed by atoms with Crippen molar-refractivity contribution in [3.8, 4) is 6.07 Å².